The van der Waals surface area contributed by atoms with Crippen LogP contribution >= 0.6 is 0 Å². The molecule has 3 aromatic carbocycles. The lowest BCUT2D eigenvalue weighted by molar-refractivity contribution is -0.211. The topological polar surface area (TPSA) is 46.2 Å². The lowest BCUT2D eigenvalue weighted by Crippen LogP contribution is -2.64. The van der Waals surface area contributed by atoms with Crippen LogP contribution in [0.1, 0.15) is 5.56 Å². The number of hydrogen-bond acceptors (Lipinski definition) is 5. The van der Waals surface area contributed by atoms with E-state index < -0.39 is 11.9 Å². The van der Waals surface area contributed by atoms with Crippen molar-refractivity contribution in [3.63, 3.8) is 0 Å². The zero-order valence-corrected chi connectivity index (χ0v) is 15.0. The van der Waals surface area contributed by atoms with Crippen LogP contribution in [0.4, 0.5) is 0 Å². The normalized spacial score (nSPS) is 23.0. The predicted octanol–water partition coefficient (Wildman–Crippen LogP) is 4.00. The molecule has 5 nitrogen and oxygen atoms in total. The number of benzene rings is 3. The summed E-state index contributed by atoms with van der Waals surface area (Å²) in [6, 6.07) is 23.3. The zero-order chi connectivity index (χ0) is 18.6. The summed E-state index contributed by atoms with van der Waals surface area (Å²) < 4.78 is 31.4. The summed E-state index contributed by atoms with van der Waals surface area (Å²) in [5, 5.41) is 0. The van der Waals surface area contributed by atoms with Crippen LogP contribution in [0.3, 0.4) is 0 Å². The minimum Gasteiger partial charge on any atom is -0.485 e. The fraction of sp³-hybridized carbons (Fsp3) is 0.217. The number of ether oxygens (including phenoxy) is 5. The molecule has 0 amide bonds. The second-order valence-corrected chi connectivity index (χ2v) is 7.15. The molecule has 0 N–H and O–H groups in total. The molecule has 28 heavy (non-hydrogen) atoms. The van der Waals surface area contributed by atoms with Gasteiger partial charge in [-0.15, -0.1) is 0 Å². The third kappa shape index (κ3) is 2.26. The maximum absolute atomic E-state index is 6.41. The van der Waals surface area contributed by atoms with Crippen molar-refractivity contribution in [2.75, 3.05) is 6.61 Å². The summed E-state index contributed by atoms with van der Waals surface area (Å²) in [6.45, 7) is 0.307. The van der Waals surface area contributed by atoms with Gasteiger partial charge in [0, 0.05) is 6.42 Å². The second-order valence-electron chi connectivity index (χ2n) is 7.15. The van der Waals surface area contributed by atoms with E-state index in [4.69, 9.17) is 23.7 Å². The van der Waals surface area contributed by atoms with Crippen LogP contribution < -0.4 is 23.7 Å². The molecular formula is C23H18O5. The molecule has 0 aliphatic carbocycles. The van der Waals surface area contributed by atoms with Gasteiger partial charge in [-0.2, -0.15) is 0 Å². The van der Waals surface area contributed by atoms with Gasteiger partial charge in [-0.25, -0.2) is 0 Å². The maximum Gasteiger partial charge on any atom is 0.330 e. The van der Waals surface area contributed by atoms with E-state index in [1.54, 1.807) is 0 Å². The Kier molecular flexibility index (Phi) is 3.27. The molecule has 3 aromatic rings. The Balaban J connectivity index is 1.40. The van der Waals surface area contributed by atoms with Gasteiger partial charge in [-0.3, -0.25) is 0 Å². The van der Waals surface area contributed by atoms with Crippen LogP contribution in [0.25, 0.3) is 0 Å². The standard InChI is InChI=1S/C23H18O5/c1-2-8-16-15(7-1)13-21(25-16)23(27-19-11-5-6-12-20(19)28-23)22-14-24-17-9-3-4-10-18(17)26-22/h1-12,21-22H,13-14H2. The number of para-hydroxylation sites is 5. The minimum atomic E-state index is -1.14. The molecule has 0 aromatic heterocycles. The Morgan fingerprint density at radius 1 is 0.607 bits per heavy atom. The van der Waals surface area contributed by atoms with E-state index in [9.17, 15) is 0 Å². The Labute approximate surface area is 162 Å². The molecule has 140 valence electrons. The second kappa shape index (κ2) is 5.83. The first-order valence-electron chi connectivity index (χ1n) is 9.42. The van der Waals surface area contributed by atoms with E-state index >= 15 is 0 Å². The minimum absolute atomic E-state index is 0.307. The maximum atomic E-state index is 6.41. The Hall–Kier alpha value is -3.34. The van der Waals surface area contributed by atoms with Crippen LogP contribution in [0.2, 0.25) is 0 Å². The van der Waals surface area contributed by atoms with Crippen LogP contribution in [0, 0.1) is 0 Å². The van der Waals surface area contributed by atoms with Crippen molar-refractivity contribution in [1.82, 2.24) is 0 Å². The van der Waals surface area contributed by atoms with E-state index in [0.29, 0.717) is 30.3 Å². The third-order valence-electron chi connectivity index (χ3n) is 5.44. The van der Waals surface area contributed by atoms with Crippen LogP contribution in [-0.2, 0) is 6.42 Å². The first-order valence-corrected chi connectivity index (χ1v) is 9.42. The lowest BCUT2D eigenvalue weighted by Gasteiger charge is -2.40. The summed E-state index contributed by atoms with van der Waals surface area (Å²) >= 11 is 0. The molecule has 0 saturated heterocycles. The quantitative estimate of drug-likeness (QED) is 0.679. The van der Waals surface area contributed by atoms with Gasteiger partial charge in [0.2, 0.25) is 6.10 Å². The molecule has 0 saturated carbocycles. The molecule has 0 bridgehead atoms. The van der Waals surface area contributed by atoms with Crippen molar-refractivity contribution in [1.29, 1.82) is 0 Å². The van der Waals surface area contributed by atoms with Gasteiger partial charge in [0.1, 0.15) is 12.4 Å². The molecule has 3 aliphatic rings. The zero-order valence-electron chi connectivity index (χ0n) is 15.0. The van der Waals surface area contributed by atoms with Crippen LogP contribution in [0.15, 0.2) is 72.8 Å². The first kappa shape index (κ1) is 15.7. The smallest absolute Gasteiger partial charge is 0.330 e. The summed E-state index contributed by atoms with van der Waals surface area (Å²) in [7, 11) is 0. The Morgan fingerprint density at radius 3 is 1.89 bits per heavy atom. The molecule has 0 fully saturated rings. The van der Waals surface area contributed by atoms with Gasteiger partial charge in [-0.1, -0.05) is 42.5 Å². The van der Waals surface area contributed by atoms with E-state index in [1.807, 2.05) is 66.7 Å². The van der Waals surface area contributed by atoms with Crippen molar-refractivity contribution in [2.24, 2.45) is 0 Å². The van der Waals surface area contributed by atoms with Crippen LogP contribution in [0.5, 0.6) is 28.7 Å². The van der Waals surface area contributed by atoms with Gasteiger partial charge < -0.3 is 23.7 Å². The van der Waals surface area contributed by atoms with E-state index in [0.717, 1.165) is 17.1 Å². The third-order valence-corrected chi connectivity index (χ3v) is 5.44. The van der Waals surface area contributed by atoms with Gasteiger partial charge in [0.25, 0.3) is 0 Å². The highest BCUT2D eigenvalue weighted by Crippen LogP contribution is 2.48. The van der Waals surface area contributed by atoms with Crippen molar-refractivity contribution in [2.45, 2.75) is 24.4 Å². The van der Waals surface area contributed by atoms with Crippen molar-refractivity contribution >= 4 is 0 Å². The van der Waals surface area contributed by atoms with Crippen molar-refractivity contribution < 1.29 is 23.7 Å². The number of rotatable bonds is 2. The molecule has 2 unspecified atom stereocenters. The van der Waals surface area contributed by atoms with Crippen molar-refractivity contribution in [3.05, 3.63) is 78.4 Å². The summed E-state index contributed by atoms with van der Waals surface area (Å²) in [5.41, 5.74) is 1.13. The SMILES string of the molecule is c1ccc2c(c1)CC(C1(C3COc4ccccc4O3)Oc3ccccc3O1)O2. The van der Waals surface area contributed by atoms with E-state index in [-0.39, 0.29) is 6.10 Å². The number of fused-ring (bicyclic) bond motifs is 3. The molecule has 2 atom stereocenters. The average molecular weight is 374 g/mol. The molecule has 0 spiro atoms. The average Bonchev–Trinajstić information content (AvgIpc) is 3.36. The molecule has 3 aliphatic heterocycles. The molecular weight excluding hydrogens is 356 g/mol. The molecule has 5 heteroatoms. The van der Waals surface area contributed by atoms with E-state index in [1.165, 1.54) is 0 Å². The highest BCUT2D eigenvalue weighted by atomic mass is 16.8. The fourth-order valence-electron chi connectivity index (χ4n) is 4.08. The van der Waals surface area contributed by atoms with Gasteiger partial charge in [-0.05, 0) is 35.9 Å². The highest BCUT2D eigenvalue weighted by molar-refractivity contribution is 5.46. The Morgan fingerprint density at radius 2 is 1.18 bits per heavy atom. The lowest BCUT2D eigenvalue weighted by atomic mass is 9.98. The predicted molar refractivity (Wildman–Crippen MR) is 101 cm³/mol. The highest BCUT2D eigenvalue weighted by Gasteiger charge is 2.60. The molecule has 0 radical (unpaired) electrons. The number of hydrogen-bond donors (Lipinski definition) is 0. The van der Waals surface area contributed by atoms with Gasteiger partial charge in [0.15, 0.2) is 29.1 Å². The Bertz CT molecular complexity index is 996. The first-order chi connectivity index (χ1) is 13.8. The van der Waals surface area contributed by atoms with Crippen molar-refractivity contribution in [3.8, 4) is 28.7 Å². The van der Waals surface area contributed by atoms with E-state index in [2.05, 4.69) is 6.07 Å². The molecule has 3 heterocycles. The largest absolute Gasteiger partial charge is 0.485 e. The summed E-state index contributed by atoms with van der Waals surface area (Å²) in [5.74, 6) is 2.48. The summed E-state index contributed by atoms with van der Waals surface area (Å²) in [6.07, 6.45) is -0.184. The fourth-order valence-corrected chi connectivity index (χ4v) is 4.08. The van der Waals surface area contributed by atoms with Crippen LogP contribution in [-0.4, -0.2) is 24.6 Å². The van der Waals surface area contributed by atoms with Gasteiger partial charge >= 0.3 is 5.79 Å². The summed E-state index contributed by atoms with van der Waals surface area (Å²) in [4.78, 5) is 0. The monoisotopic (exact) mass is 374 g/mol. The van der Waals surface area contributed by atoms with Gasteiger partial charge in [0.05, 0.1) is 0 Å². The molecule has 6 rings (SSSR count).